The van der Waals surface area contributed by atoms with Gasteiger partial charge in [-0.3, -0.25) is 0 Å². The molecule has 7 aromatic rings. The van der Waals surface area contributed by atoms with E-state index in [1.54, 1.807) is 0 Å². The fourth-order valence-corrected chi connectivity index (χ4v) is 5.21. The molecule has 5 aromatic carbocycles. The Kier molecular flexibility index (Phi) is 2.59. The second-order valence-electron chi connectivity index (χ2n) is 7.69. The molecule has 2 heterocycles. The van der Waals surface area contributed by atoms with Crippen molar-refractivity contribution < 1.29 is 0 Å². The van der Waals surface area contributed by atoms with Gasteiger partial charge in [-0.1, -0.05) is 66.7 Å². The van der Waals surface area contributed by atoms with Gasteiger partial charge in [-0.05, 0) is 39.7 Å². The Morgan fingerprint density at radius 2 is 1.17 bits per heavy atom. The standard InChI is InChI=1S/C27H14N2/c28-15-16-12-13-18-21-10-5-9-20-17-6-1-2-7-19(17)26-22-8-3-4-11-23(22)29(24(18)14-16)27(26)25(20)21/h1-14H. The summed E-state index contributed by atoms with van der Waals surface area (Å²) in [5, 5.41) is 19.7. The number of fused-ring (bicyclic) bond motifs is 9. The molecule has 0 atom stereocenters. The lowest BCUT2D eigenvalue weighted by Crippen LogP contribution is -1.94. The van der Waals surface area contributed by atoms with E-state index in [2.05, 4.69) is 83.3 Å². The number of pyridine rings is 1. The molecule has 0 aliphatic rings. The highest BCUT2D eigenvalue weighted by Crippen LogP contribution is 2.45. The fourth-order valence-electron chi connectivity index (χ4n) is 5.21. The maximum Gasteiger partial charge on any atom is 0.0992 e. The van der Waals surface area contributed by atoms with Gasteiger partial charge in [0.05, 0.1) is 28.2 Å². The number of benzene rings is 5. The zero-order valence-corrected chi connectivity index (χ0v) is 15.5. The molecule has 0 aliphatic carbocycles. The molecule has 0 saturated heterocycles. The number of para-hydroxylation sites is 1. The van der Waals surface area contributed by atoms with Crippen molar-refractivity contribution in [2.45, 2.75) is 0 Å². The molecule has 0 saturated carbocycles. The van der Waals surface area contributed by atoms with Crippen LogP contribution >= 0.6 is 0 Å². The van der Waals surface area contributed by atoms with Gasteiger partial charge in [0.25, 0.3) is 0 Å². The minimum absolute atomic E-state index is 0.686. The van der Waals surface area contributed by atoms with E-state index in [-0.39, 0.29) is 0 Å². The van der Waals surface area contributed by atoms with E-state index in [0.29, 0.717) is 5.56 Å². The van der Waals surface area contributed by atoms with E-state index >= 15 is 0 Å². The van der Waals surface area contributed by atoms with Crippen LogP contribution in [-0.2, 0) is 0 Å². The van der Waals surface area contributed by atoms with Crippen LogP contribution in [0.3, 0.4) is 0 Å². The summed E-state index contributed by atoms with van der Waals surface area (Å²) in [6, 6.07) is 32.3. The van der Waals surface area contributed by atoms with Crippen LogP contribution < -0.4 is 0 Å². The van der Waals surface area contributed by atoms with Crippen LogP contribution in [0.25, 0.3) is 59.6 Å². The molecule has 0 bridgehead atoms. The first-order valence-electron chi connectivity index (χ1n) is 9.78. The number of aromatic nitrogens is 1. The summed E-state index contributed by atoms with van der Waals surface area (Å²) >= 11 is 0. The van der Waals surface area contributed by atoms with Crippen molar-refractivity contribution >= 4 is 59.6 Å². The lowest BCUT2D eigenvalue weighted by molar-refractivity contribution is 1.35. The zero-order chi connectivity index (χ0) is 19.1. The van der Waals surface area contributed by atoms with Crippen molar-refractivity contribution in [1.82, 2.24) is 4.40 Å². The third-order valence-corrected chi connectivity index (χ3v) is 6.32. The van der Waals surface area contributed by atoms with Crippen molar-refractivity contribution in [2.75, 3.05) is 0 Å². The third-order valence-electron chi connectivity index (χ3n) is 6.32. The topological polar surface area (TPSA) is 28.2 Å². The SMILES string of the molecule is N#Cc1ccc2c3cccc4c5ccccc5c5c6ccccc6n(c2c1)c5c43. The smallest absolute Gasteiger partial charge is 0.0992 e. The van der Waals surface area contributed by atoms with Gasteiger partial charge in [-0.2, -0.15) is 5.26 Å². The number of rotatable bonds is 0. The summed E-state index contributed by atoms with van der Waals surface area (Å²) in [6.45, 7) is 0. The monoisotopic (exact) mass is 366 g/mol. The molecule has 2 heteroatoms. The molecular formula is C27H14N2. The molecule has 2 nitrogen and oxygen atoms in total. The van der Waals surface area contributed by atoms with Crippen LogP contribution in [0, 0.1) is 11.3 Å². The Labute approximate surface area is 166 Å². The summed E-state index contributed by atoms with van der Waals surface area (Å²) in [5.74, 6) is 0. The molecule has 29 heavy (non-hydrogen) atoms. The molecule has 2 aromatic heterocycles. The second-order valence-corrected chi connectivity index (χ2v) is 7.69. The minimum atomic E-state index is 0.686. The molecule has 0 aliphatic heterocycles. The highest BCUT2D eigenvalue weighted by Gasteiger charge is 2.20. The predicted molar refractivity (Wildman–Crippen MR) is 121 cm³/mol. The van der Waals surface area contributed by atoms with Crippen LogP contribution in [0.1, 0.15) is 5.56 Å². The Hall–Kier alpha value is -4.09. The summed E-state index contributed by atoms with van der Waals surface area (Å²) in [4.78, 5) is 0. The van der Waals surface area contributed by atoms with Crippen LogP contribution in [0.2, 0.25) is 0 Å². The van der Waals surface area contributed by atoms with Gasteiger partial charge < -0.3 is 4.40 Å². The summed E-state index contributed by atoms with van der Waals surface area (Å²) < 4.78 is 2.36. The largest absolute Gasteiger partial charge is 0.308 e. The normalized spacial score (nSPS) is 12.1. The number of hydrogen-bond acceptors (Lipinski definition) is 1. The first-order chi connectivity index (χ1) is 14.4. The molecule has 132 valence electrons. The van der Waals surface area contributed by atoms with Crippen LogP contribution in [0.5, 0.6) is 0 Å². The molecule has 0 amide bonds. The maximum absolute atomic E-state index is 9.53. The van der Waals surface area contributed by atoms with Crippen molar-refractivity contribution in [3.05, 3.63) is 90.5 Å². The Balaban J connectivity index is 2.01. The lowest BCUT2D eigenvalue weighted by atomic mass is 9.93. The van der Waals surface area contributed by atoms with Gasteiger partial charge in [0.1, 0.15) is 0 Å². The first-order valence-corrected chi connectivity index (χ1v) is 9.78. The predicted octanol–water partition coefficient (Wildman–Crippen LogP) is 7.01. The van der Waals surface area contributed by atoms with E-state index in [0.717, 1.165) is 5.52 Å². The molecule has 0 unspecified atom stereocenters. The highest BCUT2D eigenvalue weighted by atomic mass is 14.9. The molecule has 0 fully saturated rings. The molecule has 0 radical (unpaired) electrons. The third kappa shape index (κ3) is 1.67. The Morgan fingerprint density at radius 1 is 0.552 bits per heavy atom. The van der Waals surface area contributed by atoms with E-state index in [4.69, 9.17) is 0 Å². The van der Waals surface area contributed by atoms with Crippen LogP contribution in [0.4, 0.5) is 0 Å². The highest BCUT2D eigenvalue weighted by molar-refractivity contribution is 6.37. The van der Waals surface area contributed by atoms with Gasteiger partial charge in [0.15, 0.2) is 0 Å². The first kappa shape index (κ1) is 14.9. The summed E-state index contributed by atoms with van der Waals surface area (Å²) in [7, 11) is 0. The number of nitrogens with zero attached hydrogens (tertiary/aromatic N) is 2. The maximum atomic E-state index is 9.53. The number of hydrogen-bond donors (Lipinski definition) is 0. The molecule has 0 N–H and O–H groups in total. The van der Waals surface area contributed by atoms with E-state index in [1.165, 1.54) is 54.1 Å². The molecular weight excluding hydrogens is 352 g/mol. The van der Waals surface area contributed by atoms with Gasteiger partial charge in [0.2, 0.25) is 0 Å². The van der Waals surface area contributed by atoms with E-state index < -0.39 is 0 Å². The second kappa shape index (κ2) is 5.04. The summed E-state index contributed by atoms with van der Waals surface area (Å²) in [5.41, 5.74) is 4.21. The van der Waals surface area contributed by atoms with Crippen molar-refractivity contribution in [2.24, 2.45) is 0 Å². The Morgan fingerprint density at radius 3 is 1.97 bits per heavy atom. The minimum Gasteiger partial charge on any atom is -0.308 e. The van der Waals surface area contributed by atoms with Crippen molar-refractivity contribution in [3.8, 4) is 6.07 Å². The van der Waals surface area contributed by atoms with E-state index in [9.17, 15) is 5.26 Å². The zero-order valence-electron chi connectivity index (χ0n) is 15.5. The average molecular weight is 366 g/mol. The quantitative estimate of drug-likeness (QED) is 0.209. The molecule has 0 spiro atoms. The Bertz CT molecular complexity index is 1810. The lowest BCUT2D eigenvalue weighted by Gasteiger charge is -2.15. The van der Waals surface area contributed by atoms with Crippen molar-refractivity contribution in [3.63, 3.8) is 0 Å². The molecule has 7 rings (SSSR count). The van der Waals surface area contributed by atoms with Crippen LogP contribution in [-0.4, -0.2) is 4.40 Å². The fraction of sp³-hybridized carbons (Fsp3) is 0. The van der Waals surface area contributed by atoms with Crippen molar-refractivity contribution in [1.29, 1.82) is 5.26 Å². The van der Waals surface area contributed by atoms with Gasteiger partial charge in [0, 0.05) is 21.5 Å². The number of nitriles is 1. The average Bonchev–Trinajstić information content (AvgIpc) is 3.14. The summed E-state index contributed by atoms with van der Waals surface area (Å²) in [6.07, 6.45) is 0. The van der Waals surface area contributed by atoms with Gasteiger partial charge in [-0.15, -0.1) is 0 Å². The van der Waals surface area contributed by atoms with Gasteiger partial charge in [-0.25, -0.2) is 0 Å². The van der Waals surface area contributed by atoms with Crippen LogP contribution in [0.15, 0.2) is 84.9 Å². The van der Waals surface area contributed by atoms with Gasteiger partial charge >= 0.3 is 0 Å². The van der Waals surface area contributed by atoms with E-state index in [1.807, 2.05) is 12.1 Å².